The zero-order chi connectivity index (χ0) is 13.2. The number of nitrogens with one attached hydrogen (secondary N) is 1. The van der Waals surface area contributed by atoms with Gasteiger partial charge in [-0.15, -0.1) is 0 Å². The van der Waals surface area contributed by atoms with Gasteiger partial charge in [0.05, 0.1) is 0 Å². The predicted octanol–water partition coefficient (Wildman–Crippen LogP) is 3.42. The lowest BCUT2D eigenvalue weighted by molar-refractivity contribution is 0.0897. The van der Waals surface area contributed by atoms with Crippen molar-refractivity contribution in [2.75, 3.05) is 20.1 Å². The van der Waals surface area contributed by atoms with Gasteiger partial charge in [0.15, 0.2) is 0 Å². The average Bonchev–Trinajstić information content (AvgIpc) is 2.60. The quantitative estimate of drug-likeness (QED) is 0.806. The fourth-order valence-electron chi connectivity index (χ4n) is 3.45. The van der Waals surface area contributed by atoms with Crippen LogP contribution in [0.1, 0.15) is 65.7 Å². The average molecular weight is 252 g/mol. The molecule has 0 bridgehead atoms. The highest BCUT2D eigenvalue weighted by molar-refractivity contribution is 4.92. The van der Waals surface area contributed by atoms with Crippen molar-refractivity contribution in [1.82, 2.24) is 10.2 Å². The van der Waals surface area contributed by atoms with E-state index in [0.29, 0.717) is 5.41 Å². The number of hydrogen-bond donors (Lipinski definition) is 1. The van der Waals surface area contributed by atoms with Crippen molar-refractivity contribution >= 4 is 0 Å². The number of rotatable bonds is 5. The van der Waals surface area contributed by atoms with E-state index in [4.69, 9.17) is 0 Å². The summed E-state index contributed by atoms with van der Waals surface area (Å²) >= 11 is 0. The molecule has 2 rings (SSSR count). The highest BCUT2D eigenvalue weighted by Crippen LogP contribution is 2.40. The van der Waals surface area contributed by atoms with Crippen molar-refractivity contribution in [3.05, 3.63) is 0 Å². The largest absolute Gasteiger partial charge is 0.311 e. The Hall–Kier alpha value is -0.0800. The van der Waals surface area contributed by atoms with Crippen LogP contribution >= 0.6 is 0 Å². The first kappa shape index (κ1) is 14.3. The third-order valence-electron chi connectivity index (χ3n) is 4.94. The Morgan fingerprint density at radius 3 is 2.17 bits per heavy atom. The summed E-state index contributed by atoms with van der Waals surface area (Å²) in [5.74, 6) is 0. The molecule has 2 saturated carbocycles. The first-order valence-electron chi connectivity index (χ1n) is 7.86. The van der Waals surface area contributed by atoms with Crippen LogP contribution in [0.5, 0.6) is 0 Å². The minimum Gasteiger partial charge on any atom is -0.311 e. The van der Waals surface area contributed by atoms with E-state index in [1.807, 2.05) is 0 Å². The standard InChI is InChI=1S/C16H32N2/c1-15(2,3)17-12-16(10-5-6-11-16)13-18(4)14-8-7-9-14/h14,17H,5-13H2,1-4H3. The molecule has 0 aliphatic heterocycles. The lowest BCUT2D eigenvalue weighted by Crippen LogP contribution is -2.50. The van der Waals surface area contributed by atoms with Gasteiger partial charge >= 0.3 is 0 Å². The van der Waals surface area contributed by atoms with Gasteiger partial charge in [-0.3, -0.25) is 0 Å². The van der Waals surface area contributed by atoms with Crippen molar-refractivity contribution in [2.24, 2.45) is 5.41 Å². The summed E-state index contributed by atoms with van der Waals surface area (Å²) in [5.41, 5.74) is 0.808. The summed E-state index contributed by atoms with van der Waals surface area (Å²) < 4.78 is 0. The van der Waals surface area contributed by atoms with E-state index in [-0.39, 0.29) is 5.54 Å². The van der Waals surface area contributed by atoms with Crippen LogP contribution in [0.4, 0.5) is 0 Å². The molecule has 0 aromatic heterocycles. The Morgan fingerprint density at radius 1 is 1.11 bits per heavy atom. The molecule has 0 heterocycles. The van der Waals surface area contributed by atoms with Crippen molar-refractivity contribution in [1.29, 1.82) is 0 Å². The molecule has 2 heteroatoms. The monoisotopic (exact) mass is 252 g/mol. The summed E-state index contributed by atoms with van der Waals surface area (Å²) in [5, 5.41) is 3.76. The summed E-state index contributed by atoms with van der Waals surface area (Å²) in [6, 6.07) is 0.886. The van der Waals surface area contributed by atoms with Crippen molar-refractivity contribution in [3.63, 3.8) is 0 Å². The van der Waals surface area contributed by atoms with E-state index < -0.39 is 0 Å². The molecule has 0 saturated heterocycles. The van der Waals surface area contributed by atoms with Crippen LogP contribution in [0.3, 0.4) is 0 Å². The third-order valence-corrected chi connectivity index (χ3v) is 4.94. The molecule has 106 valence electrons. The molecule has 2 aliphatic rings. The van der Waals surface area contributed by atoms with E-state index in [0.717, 1.165) is 6.04 Å². The van der Waals surface area contributed by atoms with E-state index in [1.165, 1.54) is 58.0 Å². The van der Waals surface area contributed by atoms with Gasteiger partial charge in [0.1, 0.15) is 0 Å². The van der Waals surface area contributed by atoms with Crippen LogP contribution in [0.2, 0.25) is 0 Å². The maximum absolute atomic E-state index is 3.76. The normalized spacial score (nSPS) is 24.5. The highest BCUT2D eigenvalue weighted by Gasteiger charge is 2.37. The molecule has 0 amide bonds. The van der Waals surface area contributed by atoms with Gasteiger partial charge in [0, 0.05) is 24.7 Å². The van der Waals surface area contributed by atoms with Crippen molar-refractivity contribution < 1.29 is 0 Å². The summed E-state index contributed by atoms with van der Waals surface area (Å²) in [7, 11) is 2.35. The van der Waals surface area contributed by atoms with E-state index in [1.54, 1.807) is 0 Å². The predicted molar refractivity (Wildman–Crippen MR) is 78.9 cm³/mol. The lowest BCUT2D eigenvalue weighted by Gasteiger charge is -2.42. The Kier molecular flexibility index (Phi) is 4.38. The smallest absolute Gasteiger partial charge is 0.00967 e. The van der Waals surface area contributed by atoms with Crippen LogP contribution in [0, 0.1) is 5.41 Å². The van der Waals surface area contributed by atoms with Crippen LogP contribution in [-0.4, -0.2) is 36.6 Å². The minimum absolute atomic E-state index is 0.255. The lowest BCUT2D eigenvalue weighted by atomic mass is 9.82. The molecule has 18 heavy (non-hydrogen) atoms. The molecule has 0 spiro atoms. The van der Waals surface area contributed by atoms with E-state index in [2.05, 4.69) is 38.0 Å². The molecular formula is C16H32N2. The number of nitrogens with zero attached hydrogens (tertiary/aromatic N) is 1. The van der Waals surface area contributed by atoms with Gasteiger partial charge in [0.25, 0.3) is 0 Å². The first-order valence-corrected chi connectivity index (χ1v) is 7.86. The molecule has 0 aromatic rings. The fourth-order valence-corrected chi connectivity index (χ4v) is 3.45. The Balaban J connectivity index is 1.89. The summed E-state index contributed by atoms with van der Waals surface area (Å²) in [4.78, 5) is 2.65. The summed E-state index contributed by atoms with van der Waals surface area (Å²) in [6.07, 6.45) is 10.0. The second-order valence-electron chi connectivity index (χ2n) is 7.81. The highest BCUT2D eigenvalue weighted by atomic mass is 15.1. The van der Waals surface area contributed by atoms with Gasteiger partial charge in [-0.1, -0.05) is 19.3 Å². The molecular weight excluding hydrogens is 220 g/mol. The maximum Gasteiger partial charge on any atom is 0.00967 e. The molecule has 0 atom stereocenters. The van der Waals surface area contributed by atoms with E-state index >= 15 is 0 Å². The van der Waals surface area contributed by atoms with E-state index in [9.17, 15) is 0 Å². The van der Waals surface area contributed by atoms with Gasteiger partial charge in [0.2, 0.25) is 0 Å². The number of hydrogen-bond acceptors (Lipinski definition) is 2. The topological polar surface area (TPSA) is 15.3 Å². The molecule has 1 N–H and O–H groups in total. The van der Waals surface area contributed by atoms with Crippen LogP contribution in [0.15, 0.2) is 0 Å². The van der Waals surface area contributed by atoms with Crippen LogP contribution in [-0.2, 0) is 0 Å². The van der Waals surface area contributed by atoms with Gasteiger partial charge < -0.3 is 10.2 Å². The molecule has 0 unspecified atom stereocenters. The fraction of sp³-hybridized carbons (Fsp3) is 1.00. The van der Waals surface area contributed by atoms with Gasteiger partial charge in [-0.05, 0) is 58.9 Å². The molecule has 0 radical (unpaired) electrons. The second kappa shape index (κ2) is 5.50. The Morgan fingerprint density at radius 2 is 1.72 bits per heavy atom. The molecule has 2 nitrogen and oxygen atoms in total. The van der Waals surface area contributed by atoms with Crippen LogP contribution < -0.4 is 5.32 Å². The summed E-state index contributed by atoms with van der Waals surface area (Å²) in [6.45, 7) is 9.36. The van der Waals surface area contributed by atoms with Crippen LogP contribution in [0.25, 0.3) is 0 Å². The van der Waals surface area contributed by atoms with Gasteiger partial charge in [-0.25, -0.2) is 0 Å². The van der Waals surface area contributed by atoms with Gasteiger partial charge in [-0.2, -0.15) is 0 Å². The minimum atomic E-state index is 0.255. The molecule has 0 aromatic carbocycles. The molecule has 2 fully saturated rings. The first-order chi connectivity index (χ1) is 8.40. The zero-order valence-electron chi connectivity index (χ0n) is 12.9. The Bertz CT molecular complexity index is 257. The SMILES string of the molecule is CN(CC1(CNC(C)(C)C)CCCC1)C1CCC1. The maximum atomic E-state index is 3.76. The third kappa shape index (κ3) is 3.71. The second-order valence-corrected chi connectivity index (χ2v) is 7.81. The van der Waals surface area contributed by atoms with Crippen molar-refractivity contribution in [2.45, 2.75) is 77.3 Å². The van der Waals surface area contributed by atoms with Crippen molar-refractivity contribution in [3.8, 4) is 0 Å². The zero-order valence-corrected chi connectivity index (χ0v) is 12.9. The molecule has 2 aliphatic carbocycles. The Labute approximate surface area is 114 Å².